The van der Waals surface area contributed by atoms with Gasteiger partial charge in [-0.05, 0) is 26.0 Å². The van der Waals surface area contributed by atoms with E-state index in [0.717, 1.165) is 33.9 Å². The van der Waals surface area contributed by atoms with Crippen molar-refractivity contribution in [2.45, 2.75) is 13.8 Å². The minimum absolute atomic E-state index is 0.833. The lowest BCUT2D eigenvalue weighted by Crippen LogP contribution is -1.84. The number of hydrogen-bond acceptors (Lipinski definition) is 2. The number of nitrogens with one attached hydrogen (secondary N) is 1. The van der Waals surface area contributed by atoms with E-state index in [1.165, 1.54) is 11.1 Å². The van der Waals surface area contributed by atoms with Crippen molar-refractivity contribution in [1.82, 2.24) is 15.0 Å². The van der Waals surface area contributed by atoms with Crippen LogP contribution in [-0.2, 0) is 0 Å². The van der Waals surface area contributed by atoms with Gasteiger partial charge in [-0.25, -0.2) is 4.98 Å². The van der Waals surface area contributed by atoms with Crippen molar-refractivity contribution in [3.63, 3.8) is 0 Å². The Morgan fingerprint density at radius 1 is 0.720 bits per heavy atom. The van der Waals surface area contributed by atoms with Crippen molar-refractivity contribution in [1.29, 1.82) is 0 Å². The summed E-state index contributed by atoms with van der Waals surface area (Å²) < 4.78 is 0. The number of nitrogens with zero attached hydrogens (tertiary/aromatic N) is 2. The molecule has 4 aromatic rings. The molecule has 0 saturated heterocycles. The predicted octanol–water partition coefficient (Wildman–Crippen LogP) is 5.42. The average molecular weight is 325 g/mol. The first kappa shape index (κ1) is 15.3. The number of hydrogen-bond donors (Lipinski definition) is 1. The van der Waals surface area contributed by atoms with Crippen molar-refractivity contribution >= 4 is 0 Å². The van der Waals surface area contributed by atoms with E-state index < -0.39 is 0 Å². The van der Waals surface area contributed by atoms with Crippen LogP contribution in [0, 0.1) is 13.8 Å². The van der Waals surface area contributed by atoms with Gasteiger partial charge in [0.25, 0.3) is 0 Å². The number of aromatic nitrogens is 3. The number of aryl methyl sites for hydroxylation is 2. The molecule has 0 atom stereocenters. The second kappa shape index (κ2) is 6.36. The second-order valence-corrected chi connectivity index (χ2v) is 6.28. The Hall–Kier alpha value is -3.20. The second-order valence-electron chi connectivity index (χ2n) is 6.28. The summed E-state index contributed by atoms with van der Waals surface area (Å²) in [7, 11) is 0. The maximum Gasteiger partial charge on any atom is 0.140 e. The summed E-state index contributed by atoms with van der Waals surface area (Å²) in [6.07, 6.45) is 3.60. The summed E-state index contributed by atoms with van der Waals surface area (Å²) in [5.74, 6) is 0.833. The molecule has 0 aliphatic carbocycles. The zero-order valence-electron chi connectivity index (χ0n) is 14.3. The molecule has 1 N–H and O–H groups in total. The van der Waals surface area contributed by atoms with E-state index >= 15 is 0 Å². The van der Waals surface area contributed by atoms with E-state index in [-0.39, 0.29) is 0 Å². The van der Waals surface area contributed by atoms with Crippen molar-refractivity contribution in [3.8, 4) is 33.9 Å². The lowest BCUT2D eigenvalue weighted by molar-refractivity contribution is 1.26. The van der Waals surface area contributed by atoms with Crippen LogP contribution in [0.2, 0.25) is 0 Å². The normalized spacial score (nSPS) is 10.8. The zero-order valence-corrected chi connectivity index (χ0v) is 14.3. The molecule has 4 rings (SSSR count). The van der Waals surface area contributed by atoms with Gasteiger partial charge in [0, 0.05) is 29.1 Å². The molecule has 0 saturated carbocycles. The van der Waals surface area contributed by atoms with E-state index in [9.17, 15) is 0 Å². The molecule has 25 heavy (non-hydrogen) atoms. The van der Waals surface area contributed by atoms with Gasteiger partial charge in [-0.1, -0.05) is 59.7 Å². The van der Waals surface area contributed by atoms with E-state index in [4.69, 9.17) is 4.98 Å². The highest BCUT2D eigenvalue weighted by atomic mass is 14.9. The van der Waals surface area contributed by atoms with Crippen LogP contribution in [0.15, 0.2) is 73.1 Å². The summed E-state index contributed by atoms with van der Waals surface area (Å²) in [6.45, 7) is 4.19. The highest BCUT2D eigenvalue weighted by Crippen LogP contribution is 2.33. The fraction of sp³-hybridized carbons (Fsp3) is 0.0909. The largest absolute Gasteiger partial charge is 0.337 e. The molecule has 3 heteroatoms. The SMILES string of the molecule is Cc1ccc(-c2nc(-c3cccnc3)[nH]c2-c2ccc(C)cc2)cc1. The van der Waals surface area contributed by atoms with Crippen molar-refractivity contribution in [2.75, 3.05) is 0 Å². The molecular weight excluding hydrogens is 306 g/mol. The quantitative estimate of drug-likeness (QED) is 0.546. The summed E-state index contributed by atoms with van der Waals surface area (Å²) in [6, 6.07) is 20.9. The van der Waals surface area contributed by atoms with Gasteiger partial charge in [-0.15, -0.1) is 0 Å². The lowest BCUT2D eigenvalue weighted by atomic mass is 10.0. The van der Waals surface area contributed by atoms with E-state index in [1.54, 1.807) is 6.20 Å². The molecule has 0 bridgehead atoms. The van der Waals surface area contributed by atoms with Crippen molar-refractivity contribution < 1.29 is 0 Å². The van der Waals surface area contributed by atoms with Crippen LogP contribution in [0.4, 0.5) is 0 Å². The number of pyridine rings is 1. The zero-order chi connectivity index (χ0) is 17.2. The van der Waals surface area contributed by atoms with E-state index in [0.29, 0.717) is 0 Å². The fourth-order valence-electron chi connectivity index (χ4n) is 2.86. The number of benzene rings is 2. The smallest absolute Gasteiger partial charge is 0.140 e. The third kappa shape index (κ3) is 3.09. The van der Waals surface area contributed by atoms with Crippen LogP contribution in [0.3, 0.4) is 0 Å². The Labute approximate surface area is 147 Å². The minimum atomic E-state index is 0.833. The van der Waals surface area contributed by atoms with Gasteiger partial charge >= 0.3 is 0 Å². The van der Waals surface area contributed by atoms with Crippen LogP contribution in [0.25, 0.3) is 33.9 Å². The first-order chi connectivity index (χ1) is 12.2. The van der Waals surface area contributed by atoms with Gasteiger partial charge in [0.05, 0.1) is 11.4 Å². The van der Waals surface area contributed by atoms with Crippen molar-refractivity contribution in [3.05, 3.63) is 84.2 Å². The van der Waals surface area contributed by atoms with E-state index in [2.05, 4.69) is 72.3 Å². The molecule has 0 fully saturated rings. The summed E-state index contributed by atoms with van der Waals surface area (Å²) in [5, 5.41) is 0. The molecule has 0 aliphatic rings. The summed E-state index contributed by atoms with van der Waals surface area (Å²) >= 11 is 0. The third-order valence-electron chi connectivity index (χ3n) is 4.30. The molecule has 2 aromatic carbocycles. The fourth-order valence-corrected chi connectivity index (χ4v) is 2.86. The Bertz CT molecular complexity index is 919. The van der Waals surface area contributed by atoms with Crippen molar-refractivity contribution in [2.24, 2.45) is 0 Å². The lowest BCUT2D eigenvalue weighted by Gasteiger charge is -2.04. The molecule has 122 valence electrons. The number of H-pyrrole nitrogens is 1. The molecular formula is C22H19N3. The van der Waals surface area contributed by atoms with E-state index in [1.807, 2.05) is 18.3 Å². The molecule has 0 amide bonds. The van der Waals surface area contributed by atoms with Gasteiger partial charge in [-0.3, -0.25) is 4.98 Å². The monoisotopic (exact) mass is 325 g/mol. The maximum atomic E-state index is 4.88. The van der Waals surface area contributed by atoms with Crippen LogP contribution in [0.1, 0.15) is 11.1 Å². The van der Waals surface area contributed by atoms with Gasteiger partial charge in [0.2, 0.25) is 0 Å². The molecule has 0 spiro atoms. The third-order valence-corrected chi connectivity index (χ3v) is 4.30. The average Bonchev–Trinajstić information content (AvgIpc) is 3.09. The Balaban J connectivity index is 1.89. The number of rotatable bonds is 3. The topological polar surface area (TPSA) is 41.6 Å². The van der Waals surface area contributed by atoms with Gasteiger partial charge < -0.3 is 4.98 Å². The van der Waals surface area contributed by atoms with Gasteiger partial charge in [0.1, 0.15) is 5.82 Å². The molecule has 0 radical (unpaired) electrons. The maximum absolute atomic E-state index is 4.88. The summed E-state index contributed by atoms with van der Waals surface area (Å²) in [5.41, 5.74) is 7.69. The first-order valence-electron chi connectivity index (χ1n) is 8.35. The molecule has 0 unspecified atom stereocenters. The number of aromatic amines is 1. The molecule has 2 aromatic heterocycles. The Kier molecular flexibility index (Phi) is 3.90. The Morgan fingerprint density at radius 3 is 1.96 bits per heavy atom. The highest BCUT2D eigenvalue weighted by molar-refractivity contribution is 5.81. The highest BCUT2D eigenvalue weighted by Gasteiger charge is 2.15. The van der Waals surface area contributed by atoms with Gasteiger partial charge in [-0.2, -0.15) is 0 Å². The molecule has 2 heterocycles. The van der Waals surface area contributed by atoms with Crippen LogP contribution < -0.4 is 0 Å². The molecule has 0 aliphatic heterocycles. The first-order valence-corrected chi connectivity index (χ1v) is 8.35. The van der Waals surface area contributed by atoms with Crippen LogP contribution >= 0.6 is 0 Å². The summed E-state index contributed by atoms with van der Waals surface area (Å²) in [4.78, 5) is 12.6. The van der Waals surface area contributed by atoms with Gasteiger partial charge in [0.15, 0.2) is 0 Å². The van der Waals surface area contributed by atoms with Crippen LogP contribution in [-0.4, -0.2) is 15.0 Å². The van der Waals surface area contributed by atoms with Crippen LogP contribution in [0.5, 0.6) is 0 Å². The minimum Gasteiger partial charge on any atom is -0.337 e. The standard InChI is InChI=1S/C22H19N3/c1-15-5-9-17(10-6-15)20-21(18-11-7-16(2)8-12-18)25-22(24-20)19-4-3-13-23-14-19/h3-14H,1-2H3,(H,24,25). The molecule has 3 nitrogen and oxygen atoms in total. The number of imidazole rings is 1. The predicted molar refractivity (Wildman–Crippen MR) is 102 cm³/mol. The Morgan fingerprint density at radius 2 is 1.36 bits per heavy atom.